The number of amides is 1. The number of nitrogens with two attached hydrogens (primary N) is 1. The second-order valence-electron chi connectivity index (χ2n) is 4.50. The molecular weight excluding hydrogens is 338 g/mol. The summed E-state index contributed by atoms with van der Waals surface area (Å²) in [6, 6.07) is 1.88. The van der Waals surface area contributed by atoms with Gasteiger partial charge in [-0.3, -0.25) is 4.79 Å². The molecule has 3 N–H and O–H groups in total. The zero-order valence-corrected chi connectivity index (χ0v) is 12.2. The summed E-state index contributed by atoms with van der Waals surface area (Å²) in [4.78, 5) is 12.2. The summed E-state index contributed by atoms with van der Waals surface area (Å²) >= 11 is 7.76. The molecule has 3 nitrogen and oxygen atoms in total. The van der Waals surface area contributed by atoms with Crippen LogP contribution in [0.2, 0.25) is 0 Å². The first-order valence-corrected chi connectivity index (χ1v) is 6.83. The molecule has 1 amide bonds. The van der Waals surface area contributed by atoms with Crippen molar-refractivity contribution in [2.75, 3.05) is 5.32 Å². The Morgan fingerprint density at radius 2 is 2.00 bits per heavy atom. The quantitative estimate of drug-likeness (QED) is 0.651. The maximum atomic E-state index is 13.6. The molecule has 0 aliphatic heterocycles. The van der Waals surface area contributed by atoms with E-state index in [0.29, 0.717) is 12.8 Å². The Bertz CT molecular complexity index is 561. The third-order valence-electron chi connectivity index (χ3n) is 3.37. The fraction of sp³-hybridized carbons (Fsp3) is 0.333. The normalized spacial score (nSPS) is 16.6. The van der Waals surface area contributed by atoms with Crippen molar-refractivity contribution in [3.63, 3.8) is 0 Å². The first-order valence-electron chi connectivity index (χ1n) is 5.63. The van der Waals surface area contributed by atoms with Gasteiger partial charge in [-0.05, 0) is 34.8 Å². The van der Waals surface area contributed by atoms with Gasteiger partial charge in [-0.2, -0.15) is 0 Å². The van der Waals surface area contributed by atoms with Crippen molar-refractivity contribution in [1.29, 1.82) is 0 Å². The first-order chi connectivity index (χ1) is 8.86. The molecular formula is C12H11BrF2N2OS. The van der Waals surface area contributed by atoms with Gasteiger partial charge < -0.3 is 11.1 Å². The highest BCUT2D eigenvalue weighted by molar-refractivity contribution is 9.10. The molecule has 0 bridgehead atoms. The van der Waals surface area contributed by atoms with Crippen molar-refractivity contribution in [3.05, 3.63) is 28.2 Å². The minimum absolute atomic E-state index is 0.00398. The van der Waals surface area contributed by atoms with Crippen LogP contribution in [-0.4, -0.2) is 10.9 Å². The number of thiocarbonyl (C=S) groups is 1. The topological polar surface area (TPSA) is 55.1 Å². The van der Waals surface area contributed by atoms with Crippen LogP contribution >= 0.6 is 28.1 Å². The number of hydrogen-bond donors (Lipinski definition) is 2. The van der Waals surface area contributed by atoms with E-state index in [9.17, 15) is 13.6 Å². The van der Waals surface area contributed by atoms with Crippen LogP contribution in [0.3, 0.4) is 0 Å². The van der Waals surface area contributed by atoms with Crippen molar-refractivity contribution < 1.29 is 13.6 Å². The summed E-state index contributed by atoms with van der Waals surface area (Å²) in [5.41, 5.74) is 4.43. The highest BCUT2D eigenvalue weighted by Gasteiger charge is 2.47. The summed E-state index contributed by atoms with van der Waals surface area (Å²) in [5.74, 6) is -1.86. The number of rotatable bonds is 3. The molecule has 0 radical (unpaired) electrons. The highest BCUT2D eigenvalue weighted by Crippen LogP contribution is 2.42. The minimum atomic E-state index is -0.925. The lowest BCUT2D eigenvalue weighted by Gasteiger charge is -2.39. The number of nitrogens with one attached hydrogen (secondary N) is 1. The number of anilines is 1. The van der Waals surface area contributed by atoms with Crippen LogP contribution in [0, 0.1) is 17.0 Å². The molecule has 0 heterocycles. The van der Waals surface area contributed by atoms with E-state index in [0.717, 1.165) is 18.6 Å². The van der Waals surface area contributed by atoms with E-state index >= 15 is 0 Å². The lowest BCUT2D eigenvalue weighted by atomic mass is 9.68. The first kappa shape index (κ1) is 14.3. The van der Waals surface area contributed by atoms with E-state index in [4.69, 9.17) is 18.0 Å². The smallest absolute Gasteiger partial charge is 0.237 e. The molecule has 19 heavy (non-hydrogen) atoms. The Hall–Kier alpha value is -1.08. The predicted octanol–water partition coefficient (Wildman–Crippen LogP) is 3.12. The molecule has 1 fully saturated rings. The van der Waals surface area contributed by atoms with Crippen molar-refractivity contribution in [1.82, 2.24) is 0 Å². The van der Waals surface area contributed by atoms with Gasteiger partial charge in [0.1, 0.15) is 11.6 Å². The molecule has 1 aromatic rings. The van der Waals surface area contributed by atoms with Crippen LogP contribution < -0.4 is 11.1 Å². The van der Waals surface area contributed by atoms with Gasteiger partial charge in [0.25, 0.3) is 0 Å². The third kappa shape index (κ3) is 2.49. The Balaban J connectivity index is 2.24. The summed E-state index contributed by atoms with van der Waals surface area (Å²) in [6.07, 6.45) is 1.91. The van der Waals surface area contributed by atoms with Crippen LogP contribution in [-0.2, 0) is 4.79 Å². The van der Waals surface area contributed by atoms with Crippen molar-refractivity contribution in [3.8, 4) is 0 Å². The third-order valence-corrected chi connectivity index (χ3v) is 4.37. The molecule has 1 aliphatic carbocycles. The van der Waals surface area contributed by atoms with Gasteiger partial charge in [0.15, 0.2) is 0 Å². The lowest BCUT2D eigenvalue weighted by molar-refractivity contribution is -0.125. The average Bonchev–Trinajstić information content (AvgIpc) is 2.23. The molecule has 102 valence electrons. The Morgan fingerprint density at radius 1 is 1.37 bits per heavy atom. The highest BCUT2D eigenvalue weighted by atomic mass is 79.9. The fourth-order valence-corrected chi connectivity index (χ4v) is 2.59. The second kappa shape index (κ2) is 5.13. The number of carbonyl (C=O) groups is 1. The zero-order valence-electron chi connectivity index (χ0n) is 9.80. The summed E-state index contributed by atoms with van der Waals surface area (Å²) in [6.45, 7) is 0. The summed E-state index contributed by atoms with van der Waals surface area (Å²) in [5, 5.41) is 2.36. The molecule has 2 rings (SSSR count). The maximum absolute atomic E-state index is 13.6. The molecule has 7 heteroatoms. The van der Waals surface area contributed by atoms with Crippen molar-refractivity contribution in [2.24, 2.45) is 11.1 Å². The molecule has 1 aromatic carbocycles. The number of halogens is 3. The largest absolute Gasteiger partial charge is 0.392 e. The Labute approximate surface area is 122 Å². The monoisotopic (exact) mass is 348 g/mol. The SMILES string of the molecule is NC(=S)C1(C(=O)Nc2cc(F)c(Br)cc2F)CCC1. The van der Waals surface area contributed by atoms with Gasteiger partial charge in [-0.15, -0.1) is 0 Å². The molecule has 0 spiro atoms. The van der Waals surface area contributed by atoms with E-state index in [1.807, 2.05) is 0 Å². The summed E-state index contributed by atoms with van der Waals surface area (Å²) in [7, 11) is 0. The van der Waals surface area contributed by atoms with Crippen LogP contribution in [0.15, 0.2) is 16.6 Å². The standard InChI is InChI=1S/C12H11BrF2N2OS/c13-6-4-8(15)9(5-7(6)14)17-11(18)12(10(16)19)2-1-3-12/h4-5H,1-3H2,(H2,16,19)(H,17,18). The van der Waals surface area contributed by atoms with Gasteiger partial charge in [-0.25, -0.2) is 8.78 Å². The molecule has 1 saturated carbocycles. The summed E-state index contributed by atoms with van der Waals surface area (Å²) < 4.78 is 27.0. The van der Waals surface area contributed by atoms with E-state index in [1.165, 1.54) is 0 Å². The van der Waals surface area contributed by atoms with Crippen molar-refractivity contribution in [2.45, 2.75) is 19.3 Å². The number of benzene rings is 1. The molecule has 0 saturated heterocycles. The fourth-order valence-electron chi connectivity index (χ4n) is 1.98. The van der Waals surface area contributed by atoms with Gasteiger partial charge in [-0.1, -0.05) is 18.6 Å². The van der Waals surface area contributed by atoms with Gasteiger partial charge in [0.2, 0.25) is 5.91 Å². The van der Waals surface area contributed by atoms with Crippen LogP contribution in [0.5, 0.6) is 0 Å². The van der Waals surface area contributed by atoms with Gasteiger partial charge >= 0.3 is 0 Å². The number of hydrogen-bond acceptors (Lipinski definition) is 2. The van der Waals surface area contributed by atoms with Crippen molar-refractivity contribution >= 4 is 44.7 Å². The van der Waals surface area contributed by atoms with Crippen LogP contribution in [0.25, 0.3) is 0 Å². The van der Waals surface area contributed by atoms with Crippen LogP contribution in [0.1, 0.15) is 19.3 Å². The van der Waals surface area contributed by atoms with E-state index in [2.05, 4.69) is 21.2 Å². The van der Waals surface area contributed by atoms with E-state index in [-0.39, 0.29) is 15.1 Å². The Kier molecular flexibility index (Phi) is 3.87. The van der Waals surface area contributed by atoms with Gasteiger partial charge in [0, 0.05) is 6.07 Å². The molecule has 0 aromatic heterocycles. The number of carbonyl (C=O) groups excluding carboxylic acids is 1. The Morgan fingerprint density at radius 3 is 2.47 bits per heavy atom. The maximum Gasteiger partial charge on any atom is 0.237 e. The van der Waals surface area contributed by atoms with Crippen LogP contribution in [0.4, 0.5) is 14.5 Å². The van der Waals surface area contributed by atoms with E-state index < -0.39 is 23.0 Å². The molecule has 0 atom stereocenters. The molecule has 0 unspecified atom stereocenters. The average molecular weight is 349 g/mol. The zero-order chi connectivity index (χ0) is 14.2. The van der Waals surface area contributed by atoms with E-state index in [1.54, 1.807) is 0 Å². The second-order valence-corrected chi connectivity index (χ2v) is 5.79. The molecule has 1 aliphatic rings. The lowest BCUT2D eigenvalue weighted by Crippen LogP contribution is -2.50. The van der Waals surface area contributed by atoms with Gasteiger partial charge in [0.05, 0.1) is 20.6 Å². The predicted molar refractivity (Wildman–Crippen MR) is 75.8 cm³/mol. The minimum Gasteiger partial charge on any atom is -0.392 e.